The van der Waals surface area contributed by atoms with Gasteiger partial charge in [-0.2, -0.15) is 14.6 Å². The van der Waals surface area contributed by atoms with Crippen LogP contribution in [0.1, 0.15) is 31.1 Å². The summed E-state index contributed by atoms with van der Waals surface area (Å²) in [5, 5.41) is 8.32. The van der Waals surface area contributed by atoms with E-state index in [0.717, 1.165) is 23.5 Å². The molecule has 0 aliphatic rings. The lowest BCUT2D eigenvalue weighted by molar-refractivity contribution is 0.833. The standard InChI is InChI=1S/C21H20ClN5/c1-3-18-19(22)20(27-21(26-18)23-13-24-27)25-14(2)15-9-11-17(12-10-15)16-7-5-4-6-8-16/h4-14,25H,3H2,1-2H3. The van der Waals surface area contributed by atoms with Gasteiger partial charge in [-0.15, -0.1) is 0 Å². The monoisotopic (exact) mass is 377 g/mol. The van der Waals surface area contributed by atoms with Crippen LogP contribution < -0.4 is 5.32 Å². The second-order valence-corrected chi connectivity index (χ2v) is 6.78. The molecule has 1 N–H and O–H groups in total. The molecular weight excluding hydrogens is 358 g/mol. The number of nitrogens with one attached hydrogen (secondary N) is 1. The van der Waals surface area contributed by atoms with Crippen LogP contribution in [-0.2, 0) is 6.42 Å². The maximum Gasteiger partial charge on any atom is 0.254 e. The summed E-state index contributed by atoms with van der Waals surface area (Å²) in [7, 11) is 0. The van der Waals surface area contributed by atoms with Crippen LogP contribution in [0, 0.1) is 0 Å². The summed E-state index contributed by atoms with van der Waals surface area (Å²) in [6.45, 7) is 4.12. The summed E-state index contributed by atoms with van der Waals surface area (Å²) >= 11 is 6.57. The molecule has 0 aliphatic carbocycles. The third-order valence-electron chi connectivity index (χ3n) is 4.64. The van der Waals surface area contributed by atoms with E-state index in [9.17, 15) is 0 Å². The molecule has 2 aromatic heterocycles. The first-order valence-electron chi connectivity index (χ1n) is 8.97. The molecule has 5 nitrogen and oxygen atoms in total. The fourth-order valence-electron chi connectivity index (χ4n) is 3.11. The quantitative estimate of drug-likeness (QED) is 0.520. The van der Waals surface area contributed by atoms with E-state index in [1.165, 1.54) is 17.5 Å². The Morgan fingerprint density at radius 2 is 1.74 bits per heavy atom. The minimum atomic E-state index is 0.0480. The Labute approximate surface area is 163 Å². The van der Waals surface area contributed by atoms with Gasteiger partial charge in [-0.05, 0) is 30.0 Å². The Morgan fingerprint density at radius 1 is 1.04 bits per heavy atom. The molecule has 0 spiro atoms. The summed E-state index contributed by atoms with van der Waals surface area (Å²) in [6, 6.07) is 18.9. The SMILES string of the molecule is CCc1nc2ncnn2c(NC(C)c2ccc(-c3ccccc3)cc2)c1Cl. The van der Waals surface area contributed by atoms with Gasteiger partial charge in [0.15, 0.2) is 5.82 Å². The molecule has 136 valence electrons. The minimum absolute atomic E-state index is 0.0480. The lowest BCUT2D eigenvalue weighted by Gasteiger charge is -2.18. The first kappa shape index (κ1) is 17.5. The van der Waals surface area contributed by atoms with Crippen molar-refractivity contribution in [1.82, 2.24) is 19.6 Å². The van der Waals surface area contributed by atoms with Gasteiger partial charge >= 0.3 is 0 Å². The van der Waals surface area contributed by atoms with E-state index in [1.807, 2.05) is 25.1 Å². The predicted molar refractivity (Wildman–Crippen MR) is 109 cm³/mol. The molecule has 0 fully saturated rings. The number of rotatable bonds is 5. The average molecular weight is 378 g/mol. The van der Waals surface area contributed by atoms with E-state index in [1.54, 1.807) is 4.52 Å². The molecule has 0 saturated carbocycles. The number of fused-ring (bicyclic) bond motifs is 1. The van der Waals surface area contributed by atoms with Crippen LogP contribution >= 0.6 is 11.6 Å². The van der Waals surface area contributed by atoms with Crippen LogP contribution in [0.25, 0.3) is 16.9 Å². The second-order valence-electron chi connectivity index (χ2n) is 6.40. The van der Waals surface area contributed by atoms with Crippen molar-refractivity contribution in [2.75, 3.05) is 5.32 Å². The zero-order valence-electron chi connectivity index (χ0n) is 15.2. The van der Waals surface area contributed by atoms with Gasteiger partial charge in [-0.1, -0.05) is 73.1 Å². The Bertz CT molecular complexity index is 1060. The number of nitrogens with zero attached hydrogens (tertiary/aromatic N) is 4. The molecule has 0 saturated heterocycles. The lowest BCUT2D eigenvalue weighted by atomic mass is 10.0. The number of aromatic nitrogens is 4. The summed E-state index contributed by atoms with van der Waals surface area (Å²) in [6.07, 6.45) is 2.22. The molecule has 6 heteroatoms. The minimum Gasteiger partial charge on any atom is -0.362 e. The first-order chi connectivity index (χ1) is 13.2. The third kappa shape index (κ3) is 3.38. The number of hydrogen-bond acceptors (Lipinski definition) is 4. The van der Waals surface area contributed by atoms with Crippen molar-refractivity contribution in [3.8, 4) is 11.1 Å². The maximum absolute atomic E-state index is 6.57. The molecule has 4 aromatic rings. The van der Waals surface area contributed by atoms with Crippen LogP contribution in [0.15, 0.2) is 60.9 Å². The third-order valence-corrected chi connectivity index (χ3v) is 5.04. The van der Waals surface area contributed by atoms with Gasteiger partial charge in [-0.3, -0.25) is 0 Å². The highest BCUT2D eigenvalue weighted by atomic mass is 35.5. The number of hydrogen-bond donors (Lipinski definition) is 1. The molecule has 2 heterocycles. The molecule has 0 radical (unpaired) electrons. The Morgan fingerprint density at radius 3 is 2.44 bits per heavy atom. The van der Waals surface area contributed by atoms with Gasteiger partial charge in [0.1, 0.15) is 11.3 Å². The summed E-state index contributed by atoms with van der Waals surface area (Å²) in [5.41, 5.74) is 4.37. The van der Waals surface area contributed by atoms with Crippen LogP contribution in [0.4, 0.5) is 5.82 Å². The predicted octanol–water partition coefficient (Wildman–Crippen LogP) is 5.18. The van der Waals surface area contributed by atoms with Gasteiger partial charge in [0.05, 0.1) is 5.69 Å². The maximum atomic E-state index is 6.57. The molecular formula is C21H20ClN5. The fourth-order valence-corrected chi connectivity index (χ4v) is 3.42. The lowest BCUT2D eigenvalue weighted by Crippen LogP contribution is -2.13. The van der Waals surface area contributed by atoms with Crippen molar-refractivity contribution in [2.24, 2.45) is 0 Å². The highest BCUT2D eigenvalue weighted by molar-refractivity contribution is 6.33. The second kappa shape index (κ2) is 7.37. The Hall–Kier alpha value is -2.92. The highest BCUT2D eigenvalue weighted by Crippen LogP contribution is 2.29. The van der Waals surface area contributed by atoms with Gasteiger partial charge in [0.2, 0.25) is 0 Å². The molecule has 1 unspecified atom stereocenters. The van der Waals surface area contributed by atoms with Crippen molar-refractivity contribution in [3.63, 3.8) is 0 Å². The molecule has 0 amide bonds. The summed E-state index contributed by atoms with van der Waals surface area (Å²) in [5.74, 6) is 1.26. The average Bonchev–Trinajstić information content (AvgIpc) is 3.19. The van der Waals surface area contributed by atoms with Crippen molar-refractivity contribution < 1.29 is 0 Å². The fraction of sp³-hybridized carbons (Fsp3) is 0.190. The number of benzene rings is 2. The van der Waals surface area contributed by atoms with E-state index >= 15 is 0 Å². The Balaban J connectivity index is 1.63. The molecule has 27 heavy (non-hydrogen) atoms. The molecule has 4 rings (SSSR count). The van der Waals surface area contributed by atoms with Gasteiger partial charge in [0.25, 0.3) is 5.78 Å². The van der Waals surface area contributed by atoms with Gasteiger partial charge in [0, 0.05) is 6.04 Å². The smallest absolute Gasteiger partial charge is 0.254 e. The van der Waals surface area contributed by atoms with Crippen LogP contribution in [0.3, 0.4) is 0 Å². The number of halogens is 1. The van der Waals surface area contributed by atoms with Gasteiger partial charge in [-0.25, -0.2) is 4.98 Å². The van der Waals surface area contributed by atoms with Crippen LogP contribution in [-0.4, -0.2) is 19.6 Å². The van der Waals surface area contributed by atoms with E-state index in [2.05, 4.69) is 63.7 Å². The zero-order chi connectivity index (χ0) is 18.8. The van der Waals surface area contributed by atoms with Crippen molar-refractivity contribution in [2.45, 2.75) is 26.3 Å². The first-order valence-corrected chi connectivity index (χ1v) is 9.35. The summed E-state index contributed by atoms with van der Waals surface area (Å²) in [4.78, 5) is 8.65. The highest BCUT2D eigenvalue weighted by Gasteiger charge is 2.16. The zero-order valence-corrected chi connectivity index (χ0v) is 16.0. The van der Waals surface area contributed by atoms with Crippen molar-refractivity contribution in [1.29, 1.82) is 0 Å². The molecule has 1 atom stereocenters. The van der Waals surface area contributed by atoms with Crippen LogP contribution in [0.5, 0.6) is 0 Å². The van der Waals surface area contributed by atoms with Crippen molar-refractivity contribution in [3.05, 3.63) is 77.2 Å². The normalized spacial score (nSPS) is 12.3. The summed E-state index contributed by atoms with van der Waals surface area (Å²) < 4.78 is 1.65. The Kier molecular flexibility index (Phi) is 4.77. The van der Waals surface area contributed by atoms with E-state index in [4.69, 9.17) is 11.6 Å². The van der Waals surface area contributed by atoms with Crippen LogP contribution in [0.2, 0.25) is 5.02 Å². The number of anilines is 1. The molecule has 0 aliphatic heterocycles. The molecule has 2 aromatic carbocycles. The van der Waals surface area contributed by atoms with E-state index < -0.39 is 0 Å². The topological polar surface area (TPSA) is 55.1 Å². The van der Waals surface area contributed by atoms with E-state index in [0.29, 0.717) is 10.8 Å². The number of aryl methyl sites for hydroxylation is 1. The van der Waals surface area contributed by atoms with Crippen molar-refractivity contribution >= 4 is 23.2 Å². The van der Waals surface area contributed by atoms with Gasteiger partial charge < -0.3 is 5.32 Å². The van der Waals surface area contributed by atoms with E-state index in [-0.39, 0.29) is 6.04 Å². The largest absolute Gasteiger partial charge is 0.362 e. The molecule has 0 bridgehead atoms.